The Balaban J connectivity index is 2.50. The highest BCUT2D eigenvalue weighted by Crippen LogP contribution is 2.25. The summed E-state index contributed by atoms with van der Waals surface area (Å²) in [4.78, 5) is 13.7. The third-order valence-corrected chi connectivity index (χ3v) is 4.05. The molecule has 1 N–H and O–H groups in total. The van der Waals surface area contributed by atoms with Crippen LogP contribution in [0.3, 0.4) is 0 Å². The van der Waals surface area contributed by atoms with Crippen LogP contribution in [0.2, 0.25) is 10.0 Å². The van der Waals surface area contributed by atoms with Crippen LogP contribution in [-0.4, -0.2) is 36.2 Å². The lowest BCUT2D eigenvalue weighted by atomic mass is 10.1. The van der Waals surface area contributed by atoms with Crippen molar-refractivity contribution >= 4 is 29.3 Å². The molecule has 23 heavy (non-hydrogen) atoms. The predicted octanol–water partition coefficient (Wildman–Crippen LogP) is 4.90. The lowest BCUT2D eigenvalue weighted by Gasteiger charge is -2.27. The monoisotopic (exact) mass is 360 g/mol. The van der Waals surface area contributed by atoms with Crippen LogP contribution in [0, 0.1) is 0 Å². The second-order valence-electron chi connectivity index (χ2n) is 6.41. The molecule has 0 aliphatic heterocycles. The Bertz CT molecular complexity index is 530. The Kier molecular flexibility index (Phi) is 7.65. The minimum atomic E-state index is -0.481. The Hall–Kier alpha value is -0.970. The van der Waals surface area contributed by atoms with E-state index in [-0.39, 0.29) is 12.1 Å². The highest BCUT2D eigenvalue weighted by molar-refractivity contribution is 6.42. The normalized spacial score (nSPS) is 12.8. The van der Waals surface area contributed by atoms with Crippen molar-refractivity contribution in [1.29, 1.82) is 0 Å². The van der Waals surface area contributed by atoms with Gasteiger partial charge in [-0.1, -0.05) is 29.3 Å². The molecule has 0 aromatic heterocycles. The van der Waals surface area contributed by atoms with Crippen LogP contribution in [0.15, 0.2) is 18.2 Å². The van der Waals surface area contributed by atoms with E-state index in [1.807, 2.05) is 46.8 Å². The molecule has 0 saturated heterocycles. The first kappa shape index (κ1) is 20.1. The zero-order valence-electron chi connectivity index (χ0n) is 14.5. The van der Waals surface area contributed by atoms with Crippen molar-refractivity contribution in [3.8, 4) is 0 Å². The summed E-state index contributed by atoms with van der Waals surface area (Å²) in [6.07, 6.45) is -0.288. The Morgan fingerprint density at radius 3 is 2.48 bits per heavy atom. The van der Waals surface area contributed by atoms with Crippen LogP contribution in [0.1, 0.15) is 46.2 Å². The fraction of sp³-hybridized carbons (Fsp3) is 0.588. The maximum Gasteiger partial charge on any atom is 0.410 e. The van der Waals surface area contributed by atoms with Crippen molar-refractivity contribution in [2.75, 3.05) is 19.6 Å². The fourth-order valence-electron chi connectivity index (χ4n) is 2.02. The molecule has 0 aliphatic rings. The van der Waals surface area contributed by atoms with Crippen LogP contribution in [0.4, 0.5) is 4.79 Å². The number of ether oxygens (including phenoxy) is 1. The summed E-state index contributed by atoms with van der Waals surface area (Å²) in [5, 5.41) is 4.47. The zero-order valence-corrected chi connectivity index (χ0v) is 16.0. The van der Waals surface area contributed by atoms with Gasteiger partial charge in [0, 0.05) is 25.7 Å². The van der Waals surface area contributed by atoms with Gasteiger partial charge in [0.15, 0.2) is 0 Å². The van der Waals surface area contributed by atoms with Crippen LogP contribution in [0.5, 0.6) is 0 Å². The average molecular weight is 361 g/mol. The third-order valence-electron chi connectivity index (χ3n) is 3.31. The first-order chi connectivity index (χ1) is 10.6. The number of hydrogen-bond donors (Lipinski definition) is 1. The van der Waals surface area contributed by atoms with Crippen molar-refractivity contribution in [3.05, 3.63) is 33.8 Å². The summed E-state index contributed by atoms with van der Waals surface area (Å²) >= 11 is 12.0. The van der Waals surface area contributed by atoms with E-state index in [0.717, 1.165) is 5.56 Å². The minimum absolute atomic E-state index is 0.113. The van der Waals surface area contributed by atoms with E-state index in [1.165, 1.54) is 0 Å². The van der Waals surface area contributed by atoms with Gasteiger partial charge < -0.3 is 15.0 Å². The number of rotatable bonds is 6. The Labute approximate surface area is 149 Å². The maximum atomic E-state index is 12.1. The number of carbonyl (C=O) groups is 1. The number of amides is 1. The molecule has 0 saturated carbocycles. The van der Waals surface area contributed by atoms with Gasteiger partial charge >= 0.3 is 6.09 Å². The molecule has 0 heterocycles. The summed E-state index contributed by atoms with van der Waals surface area (Å²) < 4.78 is 5.39. The van der Waals surface area contributed by atoms with Crippen LogP contribution < -0.4 is 5.32 Å². The molecule has 0 aliphatic carbocycles. The van der Waals surface area contributed by atoms with Crippen LogP contribution >= 0.6 is 23.2 Å². The van der Waals surface area contributed by atoms with Gasteiger partial charge in [-0.25, -0.2) is 4.79 Å². The molecule has 1 amide bonds. The van der Waals surface area contributed by atoms with Crippen molar-refractivity contribution in [3.63, 3.8) is 0 Å². The Morgan fingerprint density at radius 1 is 1.30 bits per heavy atom. The van der Waals surface area contributed by atoms with Gasteiger partial charge in [-0.15, -0.1) is 0 Å². The lowest BCUT2D eigenvalue weighted by Crippen LogP contribution is -2.40. The maximum absolute atomic E-state index is 12.1. The third kappa shape index (κ3) is 6.98. The average Bonchev–Trinajstić information content (AvgIpc) is 2.44. The molecule has 6 heteroatoms. The molecule has 1 atom stereocenters. The number of halogens is 2. The standard InChI is InChI=1S/C17H26Cl2N2O2/c1-6-21(16(22)23-17(3,4)5)10-9-20-12(2)13-7-8-14(18)15(19)11-13/h7-8,11-12,20H,6,9-10H2,1-5H3. The van der Waals surface area contributed by atoms with E-state index < -0.39 is 5.60 Å². The summed E-state index contributed by atoms with van der Waals surface area (Å²) in [6.45, 7) is 11.4. The van der Waals surface area contributed by atoms with Gasteiger partial charge in [0.1, 0.15) is 5.60 Å². The number of nitrogens with zero attached hydrogens (tertiary/aromatic N) is 1. The molecular formula is C17H26Cl2N2O2. The molecule has 4 nitrogen and oxygen atoms in total. The van der Waals surface area contributed by atoms with Gasteiger partial charge in [0.2, 0.25) is 0 Å². The van der Waals surface area contributed by atoms with E-state index in [1.54, 1.807) is 11.0 Å². The van der Waals surface area contributed by atoms with Gasteiger partial charge in [0.05, 0.1) is 10.0 Å². The topological polar surface area (TPSA) is 41.6 Å². The highest BCUT2D eigenvalue weighted by atomic mass is 35.5. The largest absolute Gasteiger partial charge is 0.444 e. The molecule has 0 spiro atoms. The van der Waals surface area contributed by atoms with E-state index in [9.17, 15) is 4.79 Å². The lowest BCUT2D eigenvalue weighted by molar-refractivity contribution is 0.0261. The summed E-state index contributed by atoms with van der Waals surface area (Å²) in [5.74, 6) is 0. The quantitative estimate of drug-likeness (QED) is 0.784. The second kappa shape index (κ2) is 8.76. The van der Waals surface area contributed by atoms with E-state index in [2.05, 4.69) is 5.32 Å². The Morgan fingerprint density at radius 2 is 1.96 bits per heavy atom. The smallest absolute Gasteiger partial charge is 0.410 e. The molecule has 1 rings (SSSR count). The van der Waals surface area contributed by atoms with Crippen molar-refractivity contribution < 1.29 is 9.53 Å². The SMILES string of the molecule is CCN(CCNC(C)c1ccc(Cl)c(Cl)c1)C(=O)OC(C)(C)C. The summed E-state index contributed by atoms with van der Waals surface area (Å²) in [6, 6.07) is 5.70. The number of carbonyl (C=O) groups excluding carboxylic acids is 1. The van der Waals surface area contributed by atoms with E-state index in [0.29, 0.717) is 29.7 Å². The highest BCUT2D eigenvalue weighted by Gasteiger charge is 2.20. The first-order valence-electron chi connectivity index (χ1n) is 7.80. The minimum Gasteiger partial charge on any atom is -0.444 e. The molecule has 1 aromatic rings. The number of hydrogen-bond acceptors (Lipinski definition) is 3. The van der Waals surface area contributed by atoms with Gasteiger partial charge in [0.25, 0.3) is 0 Å². The van der Waals surface area contributed by atoms with Crippen LogP contribution in [-0.2, 0) is 4.74 Å². The van der Waals surface area contributed by atoms with Gasteiger partial charge in [-0.3, -0.25) is 0 Å². The molecule has 1 aromatic carbocycles. The summed E-state index contributed by atoms with van der Waals surface area (Å²) in [5.41, 5.74) is 0.574. The number of likely N-dealkylation sites (N-methyl/N-ethyl adjacent to an activating group) is 1. The molecule has 0 bridgehead atoms. The molecule has 1 unspecified atom stereocenters. The summed E-state index contributed by atoms with van der Waals surface area (Å²) in [7, 11) is 0. The first-order valence-corrected chi connectivity index (χ1v) is 8.56. The van der Waals surface area contributed by atoms with Crippen LogP contribution in [0.25, 0.3) is 0 Å². The predicted molar refractivity (Wildman–Crippen MR) is 96.4 cm³/mol. The molecule has 130 valence electrons. The van der Waals surface area contributed by atoms with Gasteiger partial charge in [-0.05, 0) is 52.3 Å². The zero-order chi connectivity index (χ0) is 17.6. The molecule has 0 radical (unpaired) electrons. The number of benzene rings is 1. The van der Waals surface area contributed by atoms with E-state index in [4.69, 9.17) is 27.9 Å². The second-order valence-corrected chi connectivity index (χ2v) is 7.22. The van der Waals surface area contributed by atoms with E-state index >= 15 is 0 Å². The fourth-order valence-corrected chi connectivity index (χ4v) is 2.33. The van der Waals surface area contributed by atoms with Crippen molar-refractivity contribution in [1.82, 2.24) is 10.2 Å². The molecular weight excluding hydrogens is 335 g/mol. The number of nitrogens with one attached hydrogen (secondary N) is 1. The van der Waals surface area contributed by atoms with Gasteiger partial charge in [-0.2, -0.15) is 0 Å². The van der Waals surface area contributed by atoms with Crippen molar-refractivity contribution in [2.45, 2.75) is 46.3 Å². The molecule has 0 fully saturated rings. The van der Waals surface area contributed by atoms with Crippen molar-refractivity contribution in [2.24, 2.45) is 0 Å².